The molecule has 0 bridgehead atoms. The fourth-order valence-corrected chi connectivity index (χ4v) is 2.10. The van der Waals surface area contributed by atoms with E-state index in [1.807, 2.05) is 13.8 Å². The van der Waals surface area contributed by atoms with Crippen molar-refractivity contribution >= 4 is 35.0 Å². The molecule has 7 heteroatoms. The second-order valence-corrected chi connectivity index (χ2v) is 4.89. The topological polar surface area (TPSA) is 56.8 Å². The van der Waals surface area contributed by atoms with E-state index in [0.29, 0.717) is 41.3 Å². The second-order valence-electron chi connectivity index (χ2n) is 4.08. The van der Waals surface area contributed by atoms with E-state index in [4.69, 9.17) is 37.4 Å². The van der Waals surface area contributed by atoms with E-state index in [1.54, 1.807) is 12.1 Å². The molecule has 0 unspecified atom stereocenters. The zero-order chi connectivity index (χ0) is 15.7. The summed E-state index contributed by atoms with van der Waals surface area (Å²) in [6.07, 6.45) is 0.335. The summed E-state index contributed by atoms with van der Waals surface area (Å²) in [5, 5.41) is 3.19. The van der Waals surface area contributed by atoms with Gasteiger partial charge in [0, 0.05) is 12.3 Å². The Morgan fingerprint density at radius 3 is 2.38 bits per heavy atom. The number of rotatable bonds is 8. The monoisotopic (exact) mass is 335 g/mol. The predicted molar refractivity (Wildman–Crippen MR) is 83.7 cm³/mol. The van der Waals surface area contributed by atoms with Crippen LogP contribution in [0, 0.1) is 0 Å². The Balaban J connectivity index is 2.49. The van der Waals surface area contributed by atoms with Crippen molar-refractivity contribution in [1.82, 2.24) is 0 Å². The van der Waals surface area contributed by atoms with Gasteiger partial charge in [0.1, 0.15) is 6.61 Å². The van der Waals surface area contributed by atoms with Crippen LogP contribution in [-0.4, -0.2) is 32.5 Å². The summed E-state index contributed by atoms with van der Waals surface area (Å²) in [6.45, 7) is 5.49. The second kappa shape index (κ2) is 9.71. The zero-order valence-electron chi connectivity index (χ0n) is 12.1. The molecule has 5 nitrogen and oxygen atoms in total. The third-order valence-electron chi connectivity index (χ3n) is 2.34. The minimum Gasteiger partial charge on any atom is -0.491 e. The highest BCUT2D eigenvalue weighted by Crippen LogP contribution is 2.35. The van der Waals surface area contributed by atoms with Gasteiger partial charge in [-0.1, -0.05) is 30.1 Å². The van der Waals surface area contributed by atoms with Gasteiger partial charge in [-0.2, -0.15) is 0 Å². The average Bonchev–Trinajstić information content (AvgIpc) is 2.42. The number of hydrogen-bond donors (Lipinski definition) is 1. The van der Waals surface area contributed by atoms with E-state index in [1.165, 1.54) is 0 Å². The van der Waals surface area contributed by atoms with Crippen LogP contribution >= 0.6 is 23.2 Å². The van der Waals surface area contributed by atoms with E-state index in [-0.39, 0.29) is 6.61 Å². The number of carbonyl (C=O) groups excluding carboxylic acids is 1. The Morgan fingerprint density at radius 2 is 1.81 bits per heavy atom. The van der Waals surface area contributed by atoms with E-state index in [2.05, 4.69) is 5.32 Å². The molecule has 0 radical (unpaired) electrons. The molecular weight excluding hydrogens is 317 g/mol. The maximum absolute atomic E-state index is 11.6. The van der Waals surface area contributed by atoms with Crippen LogP contribution in [0.2, 0.25) is 10.0 Å². The zero-order valence-corrected chi connectivity index (χ0v) is 13.6. The molecule has 0 fully saturated rings. The Kier molecular flexibility index (Phi) is 8.27. The number of carbonyl (C=O) groups is 1. The van der Waals surface area contributed by atoms with Crippen LogP contribution in [0.15, 0.2) is 12.1 Å². The van der Waals surface area contributed by atoms with Crippen LogP contribution < -0.4 is 10.1 Å². The van der Waals surface area contributed by atoms with E-state index in [0.717, 1.165) is 6.42 Å². The molecule has 1 aromatic rings. The summed E-state index contributed by atoms with van der Waals surface area (Å²) in [5.41, 5.74) is 0.438. The number of anilines is 1. The molecule has 0 atom stereocenters. The van der Waals surface area contributed by atoms with Crippen molar-refractivity contribution in [3.05, 3.63) is 22.2 Å². The lowest BCUT2D eigenvalue weighted by Gasteiger charge is -2.11. The number of benzene rings is 1. The van der Waals surface area contributed by atoms with Crippen molar-refractivity contribution in [1.29, 1.82) is 0 Å². The van der Waals surface area contributed by atoms with Crippen LogP contribution in [-0.2, 0) is 9.47 Å². The summed E-state index contributed by atoms with van der Waals surface area (Å²) < 4.78 is 15.5. The van der Waals surface area contributed by atoms with Crippen molar-refractivity contribution in [2.24, 2.45) is 0 Å². The smallest absolute Gasteiger partial charge is 0.411 e. The van der Waals surface area contributed by atoms with Crippen LogP contribution in [0.3, 0.4) is 0 Å². The van der Waals surface area contributed by atoms with Crippen molar-refractivity contribution in [3.8, 4) is 5.75 Å². The lowest BCUT2D eigenvalue weighted by atomic mass is 10.3. The molecule has 0 aliphatic carbocycles. The SMILES string of the molecule is CCCOCCOC(=O)Nc1cc(Cl)c(OCC)c(Cl)c1. The van der Waals surface area contributed by atoms with Gasteiger partial charge in [-0.05, 0) is 25.5 Å². The number of ether oxygens (including phenoxy) is 3. The highest BCUT2D eigenvalue weighted by molar-refractivity contribution is 6.37. The van der Waals surface area contributed by atoms with E-state index < -0.39 is 6.09 Å². The number of amides is 1. The molecule has 1 amide bonds. The summed E-state index contributed by atoms with van der Waals surface area (Å²) in [5.74, 6) is 0.396. The Labute approximate surface area is 134 Å². The molecule has 1 aromatic carbocycles. The third kappa shape index (κ3) is 6.42. The Morgan fingerprint density at radius 1 is 1.14 bits per heavy atom. The van der Waals surface area contributed by atoms with Gasteiger partial charge in [-0.25, -0.2) is 4.79 Å². The van der Waals surface area contributed by atoms with Crippen molar-refractivity contribution in [2.75, 3.05) is 31.7 Å². The first-order valence-corrected chi connectivity index (χ1v) is 7.47. The van der Waals surface area contributed by atoms with E-state index in [9.17, 15) is 4.79 Å². The summed E-state index contributed by atoms with van der Waals surface area (Å²) in [6, 6.07) is 3.10. The molecule has 0 aliphatic heterocycles. The van der Waals surface area contributed by atoms with Gasteiger partial charge >= 0.3 is 6.09 Å². The summed E-state index contributed by atoms with van der Waals surface area (Å²) in [4.78, 5) is 11.6. The first-order chi connectivity index (χ1) is 10.1. The van der Waals surface area contributed by atoms with Gasteiger partial charge in [-0.3, -0.25) is 5.32 Å². The predicted octanol–water partition coefficient (Wildman–Crippen LogP) is 4.37. The fraction of sp³-hybridized carbons (Fsp3) is 0.500. The van der Waals surface area contributed by atoms with Gasteiger partial charge < -0.3 is 14.2 Å². The molecular formula is C14H19Cl2NO4. The molecule has 21 heavy (non-hydrogen) atoms. The van der Waals surface area contributed by atoms with Crippen LogP contribution in [0.5, 0.6) is 5.75 Å². The van der Waals surface area contributed by atoms with Crippen LogP contribution in [0.1, 0.15) is 20.3 Å². The van der Waals surface area contributed by atoms with Crippen molar-refractivity contribution in [2.45, 2.75) is 20.3 Å². The van der Waals surface area contributed by atoms with Gasteiger partial charge in [-0.15, -0.1) is 0 Å². The molecule has 0 saturated carbocycles. The number of nitrogens with one attached hydrogen (secondary N) is 1. The van der Waals surface area contributed by atoms with Crippen LogP contribution in [0.4, 0.5) is 10.5 Å². The molecule has 1 N–H and O–H groups in total. The molecule has 0 aliphatic rings. The van der Waals surface area contributed by atoms with Gasteiger partial charge in [0.25, 0.3) is 0 Å². The third-order valence-corrected chi connectivity index (χ3v) is 2.90. The normalized spacial score (nSPS) is 10.3. The Bertz CT molecular complexity index is 445. The van der Waals surface area contributed by atoms with Gasteiger partial charge in [0.15, 0.2) is 5.75 Å². The molecule has 0 spiro atoms. The highest BCUT2D eigenvalue weighted by atomic mass is 35.5. The molecule has 0 heterocycles. The summed E-state index contributed by atoms with van der Waals surface area (Å²) >= 11 is 12.1. The molecule has 0 aromatic heterocycles. The minimum absolute atomic E-state index is 0.185. The molecule has 1 rings (SSSR count). The standard InChI is InChI=1S/C14H19Cl2NO4/c1-3-5-19-6-7-21-14(18)17-10-8-11(15)13(20-4-2)12(16)9-10/h8-9H,3-7H2,1-2H3,(H,17,18). The lowest BCUT2D eigenvalue weighted by Crippen LogP contribution is -2.17. The van der Waals surface area contributed by atoms with E-state index >= 15 is 0 Å². The Hall–Kier alpha value is -1.17. The van der Waals surface area contributed by atoms with Gasteiger partial charge in [0.05, 0.1) is 23.3 Å². The van der Waals surface area contributed by atoms with Crippen molar-refractivity contribution < 1.29 is 19.0 Å². The van der Waals surface area contributed by atoms with Gasteiger partial charge in [0.2, 0.25) is 0 Å². The maximum Gasteiger partial charge on any atom is 0.411 e. The average molecular weight is 336 g/mol. The summed E-state index contributed by atoms with van der Waals surface area (Å²) in [7, 11) is 0. The number of halogens is 2. The quantitative estimate of drug-likeness (QED) is 0.716. The van der Waals surface area contributed by atoms with Crippen LogP contribution in [0.25, 0.3) is 0 Å². The first kappa shape index (κ1) is 17.9. The molecule has 118 valence electrons. The maximum atomic E-state index is 11.6. The lowest BCUT2D eigenvalue weighted by molar-refractivity contribution is 0.0786. The molecule has 0 saturated heterocycles. The largest absolute Gasteiger partial charge is 0.491 e. The number of hydrogen-bond acceptors (Lipinski definition) is 4. The fourth-order valence-electron chi connectivity index (χ4n) is 1.51. The minimum atomic E-state index is -0.591. The van der Waals surface area contributed by atoms with Crippen molar-refractivity contribution in [3.63, 3.8) is 0 Å². The highest BCUT2D eigenvalue weighted by Gasteiger charge is 2.11. The first-order valence-electron chi connectivity index (χ1n) is 6.71.